The zero-order valence-electron chi connectivity index (χ0n) is 6.82. The summed E-state index contributed by atoms with van der Waals surface area (Å²) in [4.78, 5) is 2.90. The van der Waals surface area contributed by atoms with Gasteiger partial charge < -0.3 is 5.11 Å². The summed E-state index contributed by atoms with van der Waals surface area (Å²) in [6.07, 6.45) is -7.83. The van der Waals surface area contributed by atoms with Crippen molar-refractivity contribution in [2.24, 2.45) is 0 Å². The number of halogens is 6. The molecule has 0 aliphatic rings. The Labute approximate surface area is 94.3 Å². The lowest BCUT2D eigenvalue weighted by Gasteiger charge is -2.10. The molecule has 0 saturated carbocycles. The normalized spacial score (nSPS) is 12.2. The number of aromatic hydroxyl groups is 1. The highest BCUT2D eigenvalue weighted by Gasteiger charge is 2.37. The molecule has 15 heavy (non-hydrogen) atoms. The molecule has 1 aromatic rings. The predicted molar refractivity (Wildman–Crippen MR) is 48.6 cm³/mol. The molecule has 1 N–H and O–H groups in total. The zero-order valence-corrected chi connectivity index (χ0v) is 8.97. The fourth-order valence-corrected chi connectivity index (χ4v) is 1.49. The number of aromatic nitrogens is 1. The number of hydrogen-bond donors (Lipinski definition) is 1. The van der Waals surface area contributed by atoms with E-state index in [0.29, 0.717) is 6.07 Å². The summed E-state index contributed by atoms with van der Waals surface area (Å²) in [5, 5.41) is 8.88. The van der Waals surface area contributed by atoms with Crippen molar-refractivity contribution in [1.82, 2.24) is 4.98 Å². The summed E-state index contributed by atoms with van der Waals surface area (Å²) >= 11 is 1.26. The number of alkyl halides is 5. The molecule has 0 fully saturated rings. The molecular formula is C7H3F5INO. The highest BCUT2D eigenvalue weighted by Crippen LogP contribution is 2.37. The molecule has 0 bridgehead atoms. The van der Waals surface area contributed by atoms with Crippen LogP contribution in [0.15, 0.2) is 6.07 Å². The molecule has 0 spiro atoms. The highest BCUT2D eigenvalue weighted by atomic mass is 127. The molecule has 1 aromatic heterocycles. The minimum absolute atomic E-state index is 0.377. The van der Waals surface area contributed by atoms with Crippen LogP contribution in [0.2, 0.25) is 0 Å². The van der Waals surface area contributed by atoms with Crippen LogP contribution in [0.4, 0.5) is 22.0 Å². The summed E-state index contributed by atoms with van der Waals surface area (Å²) < 4.78 is 60.4. The molecule has 0 aliphatic heterocycles. The van der Waals surface area contributed by atoms with E-state index in [1.807, 2.05) is 0 Å². The van der Waals surface area contributed by atoms with E-state index in [9.17, 15) is 22.0 Å². The minimum atomic E-state index is -4.86. The van der Waals surface area contributed by atoms with Gasteiger partial charge in [-0.3, -0.25) is 0 Å². The molecule has 1 heterocycles. The maximum Gasteiger partial charge on any atom is 0.437 e. The Hall–Kier alpha value is -0.670. The van der Waals surface area contributed by atoms with Crippen molar-refractivity contribution in [3.8, 4) is 5.75 Å². The first-order valence-corrected chi connectivity index (χ1v) is 4.56. The number of hydrogen-bond acceptors (Lipinski definition) is 2. The average Bonchev–Trinajstić information content (AvgIpc) is 2.06. The summed E-state index contributed by atoms with van der Waals surface area (Å²) in [7, 11) is 0. The molecule has 0 radical (unpaired) electrons. The van der Waals surface area contributed by atoms with Crippen molar-refractivity contribution in [2.75, 3.05) is 0 Å². The Kier molecular flexibility index (Phi) is 3.36. The van der Waals surface area contributed by atoms with E-state index in [1.54, 1.807) is 0 Å². The molecule has 8 heteroatoms. The van der Waals surface area contributed by atoms with Gasteiger partial charge in [-0.05, 0) is 28.7 Å². The molecule has 0 saturated heterocycles. The summed E-state index contributed by atoms with van der Waals surface area (Å²) in [5.41, 5.74) is -2.28. The van der Waals surface area contributed by atoms with Gasteiger partial charge in [-0.1, -0.05) is 0 Å². The molecule has 84 valence electrons. The van der Waals surface area contributed by atoms with Crippen LogP contribution in [0.3, 0.4) is 0 Å². The zero-order chi connectivity index (χ0) is 11.8. The topological polar surface area (TPSA) is 33.1 Å². The van der Waals surface area contributed by atoms with Crippen molar-refractivity contribution < 1.29 is 27.1 Å². The van der Waals surface area contributed by atoms with Gasteiger partial charge in [-0.15, -0.1) is 0 Å². The van der Waals surface area contributed by atoms with E-state index < -0.39 is 33.3 Å². The maximum absolute atomic E-state index is 12.2. The van der Waals surface area contributed by atoms with Gasteiger partial charge in [0.25, 0.3) is 6.43 Å². The van der Waals surface area contributed by atoms with Gasteiger partial charge in [0.15, 0.2) is 5.69 Å². The maximum atomic E-state index is 12.2. The number of nitrogens with zero attached hydrogens (tertiary/aromatic N) is 1. The smallest absolute Gasteiger partial charge is 0.437 e. The molecule has 0 aliphatic carbocycles. The molecule has 0 aromatic carbocycles. The summed E-state index contributed by atoms with van der Waals surface area (Å²) in [6, 6.07) is 0.377. The van der Waals surface area contributed by atoms with Gasteiger partial charge in [0.2, 0.25) is 0 Å². The van der Waals surface area contributed by atoms with E-state index in [2.05, 4.69) is 4.98 Å². The first-order valence-electron chi connectivity index (χ1n) is 3.48. The average molecular weight is 339 g/mol. The van der Waals surface area contributed by atoms with E-state index in [1.165, 1.54) is 22.6 Å². The molecule has 0 unspecified atom stereocenters. The van der Waals surface area contributed by atoms with Crippen LogP contribution in [-0.2, 0) is 6.18 Å². The van der Waals surface area contributed by atoms with Crippen LogP contribution in [0.5, 0.6) is 5.75 Å². The standard InChI is InChI=1S/C7H3F5INO/c8-5(9)2-1-3(15)4(7(10,11)12)14-6(2)13/h1,5,15H. The third-order valence-electron chi connectivity index (χ3n) is 1.49. The lowest BCUT2D eigenvalue weighted by Crippen LogP contribution is -2.10. The van der Waals surface area contributed by atoms with Crippen molar-refractivity contribution >= 4 is 22.6 Å². The summed E-state index contributed by atoms with van der Waals surface area (Å²) in [6.45, 7) is 0. The minimum Gasteiger partial charge on any atom is -0.506 e. The summed E-state index contributed by atoms with van der Waals surface area (Å²) in [5.74, 6) is -1.29. The number of rotatable bonds is 1. The fraction of sp³-hybridized carbons (Fsp3) is 0.286. The lowest BCUT2D eigenvalue weighted by molar-refractivity contribution is -0.142. The van der Waals surface area contributed by atoms with Crippen molar-refractivity contribution in [1.29, 1.82) is 0 Å². The Morgan fingerprint density at radius 2 is 1.87 bits per heavy atom. The van der Waals surface area contributed by atoms with Crippen LogP contribution in [0, 0.1) is 3.70 Å². The van der Waals surface area contributed by atoms with Crippen molar-refractivity contribution in [3.63, 3.8) is 0 Å². The van der Waals surface area contributed by atoms with E-state index in [0.717, 1.165) is 0 Å². The Morgan fingerprint density at radius 1 is 1.33 bits per heavy atom. The highest BCUT2D eigenvalue weighted by molar-refractivity contribution is 14.1. The third-order valence-corrected chi connectivity index (χ3v) is 2.35. The molecule has 1 rings (SSSR count). The second kappa shape index (κ2) is 4.06. The predicted octanol–water partition coefficient (Wildman–Crippen LogP) is 3.35. The van der Waals surface area contributed by atoms with Crippen molar-refractivity contribution in [3.05, 3.63) is 21.0 Å². The fourth-order valence-electron chi connectivity index (χ4n) is 0.857. The molecule has 0 amide bonds. The SMILES string of the molecule is Oc1cc(C(F)F)c(I)nc1C(F)(F)F. The lowest BCUT2D eigenvalue weighted by atomic mass is 10.2. The van der Waals surface area contributed by atoms with Gasteiger partial charge in [-0.25, -0.2) is 13.8 Å². The Balaban J connectivity index is 3.32. The van der Waals surface area contributed by atoms with Gasteiger partial charge >= 0.3 is 6.18 Å². The monoisotopic (exact) mass is 339 g/mol. The van der Waals surface area contributed by atoms with E-state index in [-0.39, 0.29) is 0 Å². The largest absolute Gasteiger partial charge is 0.506 e. The third kappa shape index (κ3) is 2.67. The van der Waals surface area contributed by atoms with Crippen LogP contribution in [-0.4, -0.2) is 10.1 Å². The van der Waals surface area contributed by atoms with Gasteiger partial charge in [0.05, 0.1) is 5.56 Å². The van der Waals surface area contributed by atoms with Crippen LogP contribution >= 0.6 is 22.6 Å². The first kappa shape index (κ1) is 12.4. The van der Waals surface area contributed by atoms with Gasteiger partial charge in [0.1, 0.15) is 9.45 Å². The Bertz CT molecular complexity index is 378. The van der Waals surface area contributed by atoms with Crippen LogP contribution in [0.25, 0.3) is 0 Å². The second-order valence-corrected chi connectivity index (χ2v) is 3.56. The first-order chi connectivity index (χ1) is 6.73. The quantitative estimate of drug-likeness (QED) is 0.484. The van der Waals surface area contributed by atoms with Gasteiger partial charge in [-0.2, -0.15) is 13.2 Å². The Morgan fingerprint density at radius 3 is 2.27 bits per heavy atom. The number of pyridine rings is 1. The van der Waals surface area contributed by atoms with Crippen molar-refractivity contribution in [2.45, 2.75) is 12.6 Å². The second-order valence-electron chi connectivity index (χ2n) is 2.53. The molecule has 2 nitrogen and oxygen atoms in total. The van der Waals surface area contributed by atoms with E-state index >= 15 is 0 Å². The van der Waals surface area contributed by atoms with Crippen LogP contribution in [0.1, 0.15) is 17.7 Å². The molecular weight excluding hydrogens is 336 g/mol. The molecule has 0 atom stereocenters. The van der Waals surface area contributed by atoms with E-state index in [4.69, 9.17) is 5.11 Å². The van der Waals surface area contributed by atoms with Crippen LogP contribution < -0.4 is 0 Å². The van der Waals surface area contributed by atoms with Gasteiger partial charge in [0, 0.05) is 0 Å².